The fraction of sp³-hybridized carbons (Fsp3) is 0.458. The lowest BCUT2D eigenvalue weighted by Gasteiger charge is -2.27. The Hall–Kier alpha value is -2.53. The van der Waals surface area contributed by atoms with E-state index in [1.807, 2.05) is 35.2 Å². The van der Waals surface area contributed by atoms with Crippen LogP contribution in [0.4, 0.5) is 0 Å². The molecule has 156 valence electrons. The van der Waals surface area contributed by atoms with Gasteiger partial charge in [0.1, 0.15) is 11.5 Å². The fourth-order valence-corrected chi connectivity index (χ4v) is 4.05. The van der Waals surface area contributed by atoms with Gasteiger partial charge in [0.25, 0.3) is 5.91 Å². The fourth-order valence-electron chi connectivity index (χ4n) is 4.05. The molecule has 2 aromatic carbocycles. The van der Waals surface area contributed by atoms with Gasteiger partial charge in [-0.15, -0.1) is 0 Å². The van der Waals surface area contributed by atoms with Gasteiger partial charge in [-0.05, 0) is 55.8 Å². The van der Waals surface area contributed by atoms with Gasteiger partial charge in [0.2, 0.25) is 0 Å². The maximum absolute atomic E-state index is 13.2. The average Bonchev–Trinajstić information content (AvgIpc) is 3.26. The molecule has 29 heavy (non-hydrogen) atoms. The molecule has 0 aliphatic carbocycles. The van der Waals surface area contributed by atoms with Gasteiger partial charge in [0, 0.05) is 30.3 Å². The van der Waals surface area contributed by atoms with Crippen LogP contribution >= 0.6 is 0 Å². The first-order valence-electron chi connectivity index (χ1n) is 10.4. The summed E-state index contributed by atoms with van der Waals surface area (Å²) in [4.78, 5) is 17.6. The van der Waals surface area contributed by atoms with E-state index in [4.69, 9.17) is 9.47 Å². The maximum atomic E-state index is 13.2. The molecule has 1 heterocycles. The van der Waals surface area contributed by atoms with E-state index in [0.29, 0.717) is 0 Å². The van der Waals surface area contributed by atoms with Crippen LogP contribution < -0.4 is 9.47 Å². The summed E-state index contributed by atoms with van der Waals surface area (Å²) in [7, 11) is 3.30. The normalized spacial score (nSPS) is 16.3. The first-order chi connectivity index (χ1) is 14.1. The number of ether oxygens (including phenoxy) is 2. The molecule has 0 saturated carbocycles. The van der Waals surface area contributed by atoms with Crippen molar-refractivity contribution >= 4 is 5.91 Å². The van der Waals surface area contributed by atoms with Crippen molar-refractivity contribution in [3.05, 3.63) is 59.2 Å². The Morgan fingerprint density at radius 2 is 1.79 bits per heavy atom. The summed E-state index contributed by atoms with van der Waals surface area (Å²) in [6.07, 6.45) is 1.93. The molecule has 1 aliphatic rings. The maximum Gasteiger partial charge on any atom is 0.254 e. The lowest BCUT2D eigenvalue weighted by molar-refractivity contribution is 0.0734. The molecule has 5 nitrogen and oxygen atoms in total. The molecule has 1 atom stereocenters. The lowest BCUT2D eigenvalue weighted by atomic mass is 10.0. The van der Waals surface area contributed by atoms with Crippen molar-refractivity contribution in [2.75, 3.05) is 33.9 Å². The van der Waals surface area contributed by atoms with Gasteiger partial charge < -0.3 is 14.4 Å². The third kappa shape index (κ3) is 4.73. The van der Waals surface area contributed by atoms with Crippen molar-refractivity contribution in [1.29, 1.82) is 0 Å². The standard InChI is InChI=1S/C24H32N2O3/c1-5-25(6-2)17-18-9-11-19(12-10-18)24(27)26-15-7-8-22(26)21-14-13-20(28-3)16-23(21)29-4/h9-14,16,22H,5-8,15,17H2,1-4H3. The molecule has 1 unspecified atom stereocenters. The molecule has 5 heteroatoms. The summed E-state index contributed by atoms with van der Waals surface area (Å²) in [5.41, 5.74) is 3.02. The summed E-state index contributed by atoms with van der Waals surface area (Å²) >= 11 is 0. The van der Waals surface area contributed by atoms with E-state index in [-0.39, 0.29) is 11.9 Å². The lowest BCUT2D eigenvalue weighted by Crippen LogP contribution is -2.30. The van der Waals surface area contributed by atoms with Gasteiger partial charge in [-0.25, -0.2) is 0 Å². The van der Waals surface area contributed by atoms with Crippen LogP contribution in [-0.4, -0.2) is 49.6 Å². The number of hydrogen-bond acceptors (Lipinski definition) is 4. The number of likely N-dealkylation sites (tertiary alicyclic amines) is 1. The van der Waals surface area contributed by atoms with Crippen molar-refractivity contribution in [2.45, 2.75) is 39.3 Å². The second kappa shape index (κ2) is 9.79. The van der Waals surface area contributed by atoms with Crippen LogP contribution in [-0.2, 0) is 6.54 Å². The number of nitrogens with zero attached hydrogens (tertiary/aromatic N) is 2. The zero-order valence-corrected chi connectivity index (χ0v) is 18.0. The third-order valence-corrected chi connectivity index (χ3v) is 5.81. The molecular formula is C24H32N2O3. The molecule has 2 aromatic rings. The minimum Gasteiger partial charge on any atom is -0.497 e. The Balaban J connectivity index is 1.78. The SMILES string of the molecule is CCN(CC)Cc1ccc(C(=O)N2CCCC2c2ccc(OC)cc2OC)cc1. The smallest absolute Gasteiger partial charge is 0.254 e. The summed E-state index contributed by atoms with van der Waals surface area (Å²) in [5, 5.41) is 0. The summed E-state index contributed by atoms with van der Waals surface area (Å²) in [5.74, 6) is 1.61. The Morgan fingerprint density at radius 3 is 2.41 bits per heavy atom. The molecule has 0 N–H and O–H groups in total. The van der Waals surface area contributed by atoms with Crippen molar-refractivity contribution in [1.82, 2.24) is 9.80 Å². The van der Waals surface area contributed by atoms with Gasteiger partial charge in [-0.2, -0.15) is 0 Å². The largest absolute Gasteiger partial charge is 0.497 e. The molecular weight excluding hydrogens is 364 g/mol. The van der Waals surface area contributed by atoms with Crippen LogP contribution in [0.3, 0.4) is 0 Å². The van der Waals surface area contributed by atoms with Crippen LogP contribution in [0.25, 0.3) is 0 Å². The van der Waals surface area contributed by atoms with Crippen molar-refractivity contribution in [3.8, 4) is 11.5 Å². The zero-order chi connectivity index (χ0) is 20.8. The van der Waals surface area contributed by atoms with Crippen molar-refractivity contribution in [2.24, 2.45) is 0 Å². The van der Waals surface area contributed by atoms with Crippen molar-refractivity contribution in [3.63, 3.8) is 0 Å². The first-order valence-corrected chi connectivity index (χ1v) is 10.4. The van der Waals surface area contributed by atoms with Gasteiger partial charge in [-0.1, -0.05) is 26.0 Å². The number of methoxy groups -OCH3 is 2. The highest BCUT2D eigenvalue weighted by Gasteiger charge is 2.32. The topological polar surface area (TPSA) is 42.0 Å². The second-order valence-corrected chi connectivity index (χ2v) is 7.42. The Kier molecular flexibility index (Phi) is 7.15. The summed E-state index contributed by atoms with van der Waals surface area (Å²) < 4.78 is 10.9. The van der Waals surface area contributed by atoms with Crippen LogP contribution in [0.15, 0.2) is 42.5 Å². The third-order valence-electron chi connectivity index (χ3n) is 5.81. The van der Waals surface area contributed by atoms with Crippen molar-refractivity contribution < 1.29 is 14.3 Å². The van der Waals surface area contributed by atoms with Gasteiger partial charge in [-0.3, -0.25) is 9.69 Å². The number of hydrogen-bond donors (Lipinski definition) is 0. The molecule has 1 fully saturated rings. The van der Waals surface area contributed by atoms with E-state index in [0.717, 1.165) is 61.6 Å². The van der Waals surface area contributed by atoms with E-state index < -0.39 is 0 Å². The molecule has 3 rings (SSSR count). The Bertz CT molecular complexity index is 815. The van der Waals surface area contributed by atoms with Gasteiger partial charge in [0.15, 0.2) is 0 Å². The summed E-state index contributed by atoms with van der Waals surface area (Å²) in [6, 6.07) is 13.9. The number of carbonyl (C=O) groups excluding carboxylic acids is 1. The van der Waals surface area contributed by atoms with E-state index in [9.17, 15) is 4.79 Å². The van der Waals surface area contributed by atoms with Crippen LogP contribution in [0.2, 0.25) is 0 Å². The van der Waals surface area contributed by atoms with Gasteiger partial charge in [0.05, 0.1) is 20.3 Å². The predicted molar refractivity (Wildman–Crippen MR) is 116 cm³/mol. The molecule has 0 aromatic heterocycles. The first kappa shape index (κ1) is 21.2. The number of amides is 1. The zero-order valence-electron chi connectivity index (χ0n) is 18.0. The van der Waals surface area contributed by atoms with E-state index >= 15 is 0 Å². The molecule has 1 saturated heterocycles. The molecule has 1 aliphatic heterocycles. The highest BCUT2D eigenvalue weighted by atomic mass is 16.5. The quantitative estimate of drug-likeness (QED) is 0.658. The average molecular weight is 397 g/mol. The number of rotatable bonds is 8. The summed E-state index contributed by atoms with van der Waals surface area (Å²) in [6.45, 7) is 8.06. The molecule has 0 spiro atoms. The van der Waals surface area contributed by atoms with Crippen LogP contribution in [0.5, 0.6) is 11.5 Å². The van der Waals surface area contributed by atoms with E-state index in [2.05, 4.69) is 30.9 Å². The minimum absolute atomic E-state index is 0.0266. The monoisotopic (exact) mass is 396 g/mol. The van der Waals surface area contributed by atoms with Crippen LogP contribution in [0.1, 0.15) is 54.2 Å². The minimum atomic E-state index is 0.0266. The molecule has 0 bridgehead atoms. The Morgan fingerprint density at radius 1 is 1.07 bits per heavy atom. The molecule has 1 amide bonds. The number of carbonyl (C=O) groups is 1. The number of benzene rings is 2. The highest BCUT2D eigenvalue weighted by Crippen LogP contribution is 2.39. The Labute approximate surface area is 174 Å². The van der Waals surface area contributed by atoms with Crippen LogP contribution in [0, 0.1) is 0 Å². The highest BCUT2D eigenvalue weighted by molar-refractivity contribution is 5.94. The van der Waals surface area contributed by atoms with E-state index in [1.165, 1.54) is 5.56 Å². The second-order valence-electron chi connectivity index (χ2n) is 7.42. The predicted octanol–water partition coefficient (Wildman–Crippen LogP) is 4.52. The van der Waals surface area contributed by atoms with Gasteiger partial charge >= 0.3 is 0 Å². The van der Waals surface area contributed by atoms with E-state index in [1.54, 1.807) is 14.2 Å². The molecule has 0 radical (unpaired) electrons.